The number of amides is 1. The van der Waals surface area contributed by atoms with Gasteiger partial charge in [0.25, 0.3) is 0 Å². The molecule has 3 aromatic rings. The second kappa shape index (κ2) is 13.7. The standard InChI is InChI=1S/C23H28N4O2.2ClH/c1-18-8-5-6-11-22(18)29-13-7-12-25-23(28)21(24)14-20-16-27(17-26-20)15-19-9-3-2-4-10-19;;/h2-6,8-11,16-17,21H,7,12-15,24H2,1H3,(H,25,28);2*1H/t21-;;/m0../s1. The monoisotopic (exact) mass is 464 g/mol. The van der Waals surface area contributed by atoms with Crippen LogP contribution in [-0.4, -0.2) is 34.7 Å². The second-order valence-corrected chi connectivity index (χ2v) is 7.09. The summed E-state index contributed by atoms with van der Waals surface area (Å²) in [7, 11) is 0. The van der Waals surface area contributed by atoms with Gasteiger partial charge in [-0.3, -0.25) is 4.79 Å². The molecule has 1 atom stereocenters. The third kappa shape index (κ3) is 8.61. The van der Waals surface area contributed by atoms with E-state index in [1.54, 1.807) is 6.33 Å². The van der Waals surface area contributed by atoms with Crippen LogP contribution in [0.15, 0.2) is 67.1 Å². The van der Waals surface area contributed by atoms with Crippen LogP contribution in [0, 0.1) is 6.92 Å². The van der Waals surface area contributed by atoms with Gasteiger partial charge in [-0.05, 0) is 30.5 Å². The maximum Gasteiger partial charge on any atom is 0.237 e. The number of nitrogens with one attached hydrogen (secondary N) is 1. The fraction of sp³-hybridized carbons (Fsp3) is 0.304. The smallest absolute Gasteiger partial charge is 0.237 e. The largest absolute Gasteiger partial charge is 0.493 e. The molecule has 3 N–H and O–H groups in total. The minimum atomic E-state index is -0.618. The van der Waals surface area contributed by atoms with Gasteiger partial charge in [-0.15, -0.1) is 24.8 Å². The van der Waals surface area contributed by atoms with E-state index in [-0.39, 0.29) is 30.7 Å². The molecule has 0 aliphatic rings. The zero-order valence-corrected chi connectivity index (χ0v) is 19.2. The van der Waals surface area contributed by atoms with Crippen LogP contribution in [0.1, 0.15) is 23.2 Å². The Morgan fingerprint density at radius 2 is 1.84 bits per heavy atom. The van der Waals surface area contributed by atoms with Crippen LogP contribution in [0.25, 0.3) is 0 Å². The first-order valence-corrected chi connectivity index (χ1v) is 9.88. The van der Waals surface area contributed by atoms with E-state index >= 15 is 0 Å². The van der Waals surface area contributed by atoms with Gasteiger partial charge in [-0.2, -0.15) is 0 Å². The van der Waals surface area contributed by atoms with Crippen molar-refractivity contribution >= 4 is 30.7 Å². The van der Waals surface area contributed by atoms with E-state index in [0.717, 1.165) is 30.0 Å². The maximum atomic E-state index is 12.2. The molecule has 0 unspecified atom stereocenters. The van der Waals surface area contributed by atoms with Crippen molar-refractivity contribution < 1.29 is 9.53 Å². The molecule has 168 valence electrons. The summed E-state index contributed by atoms with van der Waals surface area (Å²) in [4.78, 5) is 16.6. The number of carbonyl (C=O) groups is 1. The number of nitrogens with zero attached hydrogens (tertiary/aromatic N) is 2. The van der Waals surface area contributed by atoms with Gasteiger partial charge in [0.2, 0.25) is 5.91 Å². The molecular formula is C23H30Cl2N4O2. The Labute approximate surface area is 196 Å². The summed E-state index contributed by atoms with van der Waals surface area (Å²) in [6.45, 7) is 3.83. The van der Waals surface area contributed by atoms with Gasteiger partial charge in [0.15, 0.2) is 0 Å². The van der Waals surface area contributed by atoms with Gasteiger partial charge < -0.3 is 20.4 Å². The average Bonchev–Trinajstić information content (AvgIpc) is 3.16. The zero-order chi connectivity index (χ0) is 20.5. The van der Waals surface area contributed by atoms with Crippen molar-refractivity contribution in [3.63, 3.8) is 0 Å². The van der Waals surface area contributed by atoms with Crippen LogP contribution in [0.3, 0.4) is 0 Å². The first-order chi connectivity index (χ1) is 14.1. The highest BCUT2D eigenvalue weighted by Crippen LogP contribution is 2.16. The molecule has 6 nitrogen and oxygen atoms in total. The van der Waals surface area contributed by atoms with E-state index in [1.165, 1.54) is 5.56 Å². The Hall–Kier alpha value is -2.54. The topological polar surface area (TPSA) is 82.2 Å². The lowest BCUT2D eigenvalue weighted by Gasteiger charge is -2.12. The Kier molecular flexibility index (Phi) is 11.7. The molecule has 0 aliphatic heterocycles. The summed E-state index contributed by atoms with van der Waals surface area (Å²) in [6.07, 6.45) is 4.85. The summed E-state index contributed by atoms with van der Waals surface area (Å²) in [6, 6.07) is 17.4. The van der Waals surface area contributed by atoms with E-state index < -0.39 is 6.04 Å². The predicted octanol–water partition coefficient (Wildman–Crippen LogP) is 3.54. The SMILES string of the molecule is Cc1ccccc1OCCCNC(=O)[C@@H](N)Cc1cn(Cc2ccccc2)cn1.Cl.Cl. The number of hydrogen-bond acceptors (Lipinski definition) is 4. The lowest BCUT2D eigenvalue weighted by Crippen LogP contribution is -2.42. The third-order valence-corrected chi connectivity index (χ3v) is 4.63. The Bertz CT molecular complexity index is 919. The molecule has 0 spiro atoms. The quantitative estimate of drug-likeness (QED) is 0.449. The minimum Gasteiger partial charge on any atom is -0.493 e. The molecule has 0 radical (unpaired) electrons. The number of aryl methyl sites for hydroxylation is 1. The minimum absolute atomic E-state index is 0. The van der Waals surface area contributed by atoms with Gasteiger partial charge in [0, 0.05) is 25.7 Å². The number of halogens is 2. The molecule has 3 rings (SSSR count). The number of hydrogen-bond donors (Lipinski definition) is 2. The summed E-state index contributed by atoms with van der Waals surface area (Å²) < 4.78 is 7.73. The van der Waals surface area contributed by atoms with Crippen LogP contribution in [0.5, 0.6) is 5.75 Å². The zero-order valence-electron chi connectivity index (χ0n) is 17.6. The predicted molar refractivity (Wildman–Crippen MR) is 128 cm³/mol. The number of imidazole rings is 1. The number of rotatable bonds is 10. The molecule has 0 saturated heterocycles. The van der Waals surface area contributed by atoms with Crippen LogP contribution < -0.4 is 15.8 Å². The fourth-order valence-corrected chi connectivity index (χ4v) is 3.03. The molecule has 0 bridgehead atoms. The summed E-state index contributed by atoms with van der Waals surface area (Å²) >= 11 is 0. The molecule has 8 heteroatoms. The van der Waals surface area contributed by atoms with Crippen molar-refractivity contribution in [1.29, 1.82) is 0 Å². The van der Waals surface area contributed by atoms with Gasteiger partial charge >= 0.3 is 0 Å². The fourth-order valence-electron chi connectivity index (χ4n) is 3.03. The maximum absolute atomic E-state index is 12.2. The van der Waals surface area contributed by atoms with E-state index in [2.05, 4.69) is 22.4 Å². The lowest BCUT2D eigenvalue weighted by atomic mass is 10.1. The number of aromatic nitrogens is 2. The average molecular weight is 465 g/mol. The highest BCUT2D eigenvalue weighted by atomic mass is 35.5. The number of para-hydroxylation sites is 1. The Morgan fingerprint density at radius 1 is 1.13 bits per heavy atom. The van der Waals surface area contributed by atoms with Gasteiger partial charge in [0.1, 0.15) is 5.75 Å². The van der Waals surface area contributed by atoms with Crippen molar-refractivity contribution in [2.75, 3.05) is 13.2 Å². The van der Waals surface area contributed by atoms with Crippen molar-refractivity contribution in [2.24, 2.45) is 5.73 Å². The number of ether oxygens (including phenoxy) is 1. The van der Waals surface area contributed by atoms with E-state index in [4.69, 9.17) is 10.5 Å². The van der Waals surface area contributed by atoms with Crippen LogP contribution in [0.4, 0.5) is 0 Å². The van der Waals surface area contributed by atoms with Crippen LogP contribution in [0.2, 0.25) is 0 Å². The molecule has 0 fully saturated rings. The summed E-state index contributed by atoms with van der Waals surface area (Å²) in [5, 5.41) is 2.87. The van der Waals surface area contributed by atoms with Crippen molar-refractivity contribution in [3.8, 4) is 5.75 Å². The van der Waals surface area contributed by atoms with Crippen molar-refractivity contribution in [2.45, 2.75) is 32.4 Å². The second-order valence-electron chi connectivity index (χ2n) is 7.09. The van der Waals surface area contributed by atoms with Crippen LogP contribution >= 0.6 is 24.8 Å². The third-order valence-electron chi connectivity index (χ3n) is 4.63. The highest BCUT2D eigenvalue weighted by Gasteiger charge is 2.15. The van der Waals surface area contributed by atoms with E-state index in [0.29, 0.717) is 19.6 Å². The molecule has 0 aliphatic carbocycles. The van der Waals surface area contributed by atoms with Crippen molar-refractivity contribution in [1.82, 2.24) is 14.9 Å². The van der Waals surface area contributed by atoms with Gasteiger partial charge in [-0.1, -0.05) is 48.5 Å². The number of carbonyl (C=O) groups excluding carboxylic acids is 1. The Morgan fingerprint density at radius 3 is 2.58 bits per heavy atom. The molecule has 2 aromatic carbocycles. The molecule has 0 saturated carbocycles. The number of nitrogens with two attached hydrogens (primary N) is 1. The van der Waals surface area contributed by atoms with E-state index in [9.17, 15) is 4.79 Å². The number of benzene rings is 2. The summed E-state index contributed by atoms with van der Waals surface area (Å²) in [5.41, 5.74) is 9.16. The first-order valence-electron chi connectivity index (χ1n) is 9.88. The van der Waals surface area contributed by atoms with Crippen LogP contribution in [-0.2, 0) is 17.8 Å². The molecule has 1 amide bonds. The summed E-state index contributed by atoms with van der Waals surface area (Å²) in [5.74, 6) is 0.708. The highest BCUT2D eigenvalue weighted by molar-refractivity contribution is 5.85. The van der Waals surface area contributed by atoms with Crippen molar-refractivity contribution in [3.05, 3.63) is 83.9 Å². The van der Waals surface area contributed by atoms with Gasteiger partial charge in [0.05, 0.1) is 24.7 Å². The molecule has 1 heterocycles. The molecule has 1 aromatic heterocycles. The lowest BCUT2D eigenvalue weighted by molar-refractivity contribution is -0.122. The first kappa shape index (κ1) is 26.5. The normalized spacial score (nSPS) is 11.0. The van der Waals surface area contributed by atoms with E-state index in [1.807, 2.05) is 60.2 Å². The Balaban J connectivity index is 0.00000240. The van der Waals surface area contributed by atoms with Gasteiger partial charge in [-0.25, -0.2) is 4.98 Å². The molecular weight excluding hydrogens is 435 g/mol. The molecule has 31 heavy (non-hydrogen) atoms.